The van der Waals surface area contributed by atoms with Crippen molar-refractivity contribution in [2.45, 2.75) is 44.2 Å². The molecule has 5 rings (SSSR count). The standard InChI is InChI=1S/C18H24N6O2/c1-23(10-16-19-18(26-22-16)13-5-6-25-11-13)14-8-24(9-14)17-7-12-3-2-4-15(12)20-21-17/h7,13-14H,2-6,8-11H2,1H3. The summed E-state index contributed by atoms with van der Waals surface area (Å²) in [6.07, 6.45) is 4.39. The van der Waals surface area contributed by atoms with Crippen LogP contribution in [0.4, 0.5) is 5.82 Å². The number of rotatable bonds is 5. The van der Waals surface area contributed by atoms with E-state index in [1.54, 1.807) is 0 Å². The van der Waals surface area contributed by atoms with Gasteiger partial charge in [-0.15, -0.1) is 5.10 Å². The van der Waals surface area contributed by atoms with Crippen molar-refractivity contribution in [1.29, 1.82) is 0 Å². The van der Waals surface area contributed by atoms with Crippen LogP contribution in [0.3, 0.4) is 0 Å². The molecule has 2 aromatic rings. The van der Waals surface area contributed by atoms with Gasteiger partial charge >= 0.3 is 0 Å². The average Bonchev–Trinajstić information content (AvgIpc) is 3.34. The maximum Gasteiger partial charge on any atom is 0.232 e. The molecule has 1 unspecified atom stereocenters. The van der Waals surface area contributed by atoms with E-state index in [9.17, 15) is 0 Å². The zero-order chi connectivity index (χ0) is 17.5. The maximum atomic E-state index is 5.42. The molecule has 0 saturated carbocycles. The van der Waals surface area contributed by atoms with Gasteiger partial charge in [-0.05, 0) is 44.4 Å². The summed E-state index contributed by atoms with van der Waals surface area (Å²) >= 11 is 0. The molecule has 1 atom stereocenters. The lowest BCUT2D eigenvalue weighted by molar-refractivity contribution is 0.187. The Labute approximate surface area is 152 Å². The first-order valence-corrected chi connectivity index (χ1v) is 9.47. The predicted molar refractivity (Wildman–Crippen MR) is 94.0 cm³/mol. The quantitative estimate of drug-likeness (QED) is 0.790. The number of anilines is 1. The van der Waals surface area contributed by atoms with Gasteiger partial charge in [0.15, 0.2) is 11.6 Å². The molecular weight excluding hydrogens is 332 g/mol. The third-order valence-electron chi connectivity index (χ3n) is 5.77. The van der Waals surface area contributed by atoms with Crippen molar-refractivity contribution in [2.24, 2.45) is 0 Å². The van der Waals surface area contributed by atoms with Crippen LogP contribution in [-0.2, 0) is 24.1 Å². The van der Waals surface area contributed by atoms with Crippen molar-refractivity contribution >= 4 is 5.82 Å². The first-order chi connectivity index (χ1) is 12.8. The van der Waals surface area contributed by atoms with Crippen LogP contribution in [0.5, 0.6) is 0 Å². The smallest absolute Gasteiger partial charge is 0.232 e. The predicted octanol–water partition coefficient (Wildman–Crippen LogP) is 1.17. The molecule has 0 amide bonds. The second-order valence-corrected chi connectivity index (χ2v) is 7.61. The van der Waals surface area contributed by atoms with Crippen molar-refractivity contribution in [2.75, 3.05) is 38.3 Å². The Balaban J connectivity index is 1.16. The van der Waals surface area contributed by atoms with Crippen molar-refractivity contribution in [3.05, 3.63) is 29.0 Å². The van der Waals surface area contributed by atoms with E-state index in [1.165, 1.54) is 17.7 Å². The highest BCUT2D eigenvalue weighted by atomic mass is 16.5. The first kappa shape index (κ1) is 16.1. The molecule has 4 heterocycles. The van der Waals surface area contributed by atoms with E-state index in [1.807, 2.05) is 0 Å². The highest BCUT2D eigenvalue weighted by Gasteiger charge is 2.32. The summed E-state index contributed by atoms with van der Waals surface area (Å²) in [5, 5.41) is 12.9. The van der Waals surface area contributed by atoms with Crippen LogP contribution in [0.25, 0.3) is 0 Å². The SMILES string of the molecule is CN(Cc1noc(C2CCOC2)n1)C1CN(c2cc3c(nn2)CCC3)C1. The second kappa shape index (κ2) is 6.59. The van der Waals surface area contributed by atoms with Gasteiger partial charge in [0.1, 0.15) is 0 Å². The number of hydrogen-bond donors (Lipinski definition) is 0. The van der Waals surface area contributed by atoms with Gasteiger partial charge in [0.05, 0.1) is 24.8 Å². The highest BCUT2D eigenvalue weighted by Crippen LogP contribution is 2.27. The average molecular weight is 356 g/mol. The molecule has 0 N–H and O–H groups in total. The van der Waals surface area contributed by atoms with Gasteiger partial charge in [-0.25, -0.2) is 0 Å². The first-order valence-electron chi connectivity index (χ1n) is 9.47. The normalized spacial score (nSPS) is 22.8. The van der Waals surface area contributed by atoms with E-state index < -0.39 is 0 Å². The minimum Gasteiger partial charge on any atom is -0.381 e. The molecular formula is C18H24N6O2. The van der Waals surface area contributed by atoms with Crippen molar-refractivity contribution in [3.8, 4) is 0 Å². The fourth-order valence-corrected chi connectivity index (χ4v) is 3.97. The summed E-state index contributed by atoms with van der Waals surface area (Å²) in [5.41, 5.74) is 2.56. The third kappa shape index (κ3) is 2.97. The highest BCUT2D eigenvalue weighted by molar-refractivity contribution is 5.45. The molecule has 2 fully saturated rings. The van der Waals surface area contributed by atoms with Crippen molar-refractivity contribution in [3.63, 3.8) is 0 Å². The van der Waals surface area contributed by atoms with E-state index in [4.69, 9.17) is 9.26 Å². The van der Waals surface area contributed by atoms with E-state index in [2.05, 4.69) is 43.3 Å². The van der Waals surface area contributed by atoms with Crippen LogP contribution < -0.4 is 4.90 Å². The van der Waals surface area contributed by atoms with E-state index >= 15 is 0 Å². The van der Waals surface area contributed by atoms with E-state index in [-0.39, 0.29) is 5.92 Å². The topological polar surface area (TPSA) is 80.4 Å². The number of fused-ring (bicyclic) bond motifs is 1. The zero-order valence-corrected chi connectivity index (χ0v) is 15.1. The monoisotopic (exact) mass is 356 g/mol. The molecule has 0 bridgehead atoms. The summed E-state index contributed by atoms with van der Waals surface area (Å²) < 4.78 is 10.8. The molecule has 8 heteroatoms. The lowest BCUT2D eigenvalue weighted by Crippen LogP contribution is -2.58. The van der Waals surface area contributed by atoms with E-state index in [0.717, 1.165) is 56.5 Å². The molecule has 3 aliphatic rings. The number of hydrogen-bond acceptors (Lipinski definition) is 8. The van der Waals surface area contributed by atoms with Crippen LogP contribution in [0.1, 0.15) is 41.7 Å². The van der Waals surface area contributed by atoms with Crippen LogP contribution in [0, 0.1) is 0 Å². The van der Waals surface area contributed by atoms with Crippen LogP contribution >= 0.6 is 0 Å². The van der Waals surface area contributed by atoms with Crippen molar-refractivity contribution in [1.82, 2.24) is 25.2 Å². The molecule has 26 heavy (non-hydrogen) atoms. The lowest BCUT2D eigenvalue weighted by Gasteiger charge is -2.44. The van der Waals surface area contributed by atoms with Gasteiger partial charge in [0, 0.05) is 25.7 Å². The second-order valence-electron chi connectivity index (χ2n) is 7.61. The summed E-state index contributed by atoms with van der Waals surface area (Å²) in [5.74, 6) is 2.75. The lowest BCUT2D eigenvalue weighted by atomic mass is 10.1. The Morgan fingerprint density at radius 3 is 3.04 bits per heavy atom. The molecule has 0 aromatic carbocycles. The number of likely N-dealkylation sites (N-methyl/N-ethyl adjacent to an activating group) is 1. The molecule has 2 aliphatic heterocycles. The molecule has 1 aliphatic carbocycles. The molecule has 8 nitrogen and oxygen atoms in total. The molecule has 2 aromatic heterocycles. The summed E-state index contributed by atoms with van der Waals surface area (Å²) in [4.78, 5) is 9.14. The summed E-state index contributed by atoms with van der Waals surface area (Å²) in [6, 6.07) is 2.70. The zero-order valence-electron chi connectivity index (χ0n) is 15.1. The Morgan fingerprint density at radius 2 is 2.19 bits per heavy atom. The fourth-order valence-electron chi connectivity index (χ4n) is 3.97. The minimum absolute atomic E-state index is 0.263. The minimum atomic E-state index is 0.263. The summed E-state index contributed by atoms with van der Waals surface area (Å²) in [7, 11) is 2.12. The van der Waals surface area contributed by atoms with Gasteiger partial charge in [-0.2, -0.15) is 10.1 Å². The molecule has 138 valence electrons. The molecule has 2 saturated heterocycles. The number of aromatic nitrogens is 4. The fraction of sp³-hybridized carbons (Fsp3) is 0.667. The number of nitrogens with zero attached hydrogens (tertiary/aromatic N) is 6. The third-order valence-corrected chi connectivity index (χ3v) is 5.77. The van der Waals surface area contributed by atoms with Gasteiger partial charge in [-0.3, -0.25) is 4.90 Å². The van der Waals surface area contributed by atoms with Gasteiger partial charge in [-0.1, -0.05) is 5.16 Å². The van der Waals surface area contributed by atoms with Gasteiger partial charge < -0.3 is 14.2 Å². The Kier molecular flexibility index (Phi) is 4.09. The van der Waals surface area contributed by atoms with Gasteiger partial charge in [0.25, 0.3) is 0 Å². The van der Waals surface area contributed by atoms with Crippen LogP contribution in [0.2, 0.25) is 0 Å². The van der Waals surface area contributed by atoms with Gasteiger partial charge in [0.2, 0.25) is 5.89 Å². The van der Waals surface area contributed by atoms with Crippen molar-refractivity contribution < 1.29 is 9.26 Å². The van der Waals surface area contributed by atoms with E-state index in [0.29, 0.717) is 19.2 Å². The Morgan fingerprint density at radius 1 is 1.27 bits per heavy atom. The number of aryl methyl sites for hydroxylation is 2. The summed E-state index contributed by atoms with van der Waals surface area (Å²) in [6.45, 7) is 4.10. The molecule has 0 spiro atoms. The Hall–Kier alpha value is -2.06. The number of ether oxygens (including phenoxy) is 1. The molecule has 0 radical (unpaired) electrons. The van der Waals surface area contributed by atoms with Crippen LogP contribution in [-0.4, -0.2) is 64.6 Å². The largest absolute Gasteiger partial charge is 0.381 e. The Bertz CT molecular complexity index is 782. The maximum absolute atomic E-state index is 5.42. The van der Waals surface area contributed by atoms with Crippen LogP contribution in [0.15, 0.2) is 10.6 Å².